The van der Waals surface area contributed by atoms with Crippen molar-refractivity contribution in [2.45, 2.75) is 19.8 Å². The smallest absolute Gasteiger partial charge is 0.193 e. The molecule has 0 bridgehead atoms. The molecule has 1 saturated heterocycles. The van der Waals surface area contributed by atoms with Crippen LogP contribution in [0.15, 0.2) is 29.3 Å². The second-order valence-electron chi connectivity index (χ2n) is 5.67. The molecular weight excluding hydrogens is 264 g/mol. The van der Waals surface area contributed by atoms with Crippen molar-refractivity contribution in [3.05, 3.63) is 24.3 Å². The molecule has 0 aromatic heterocycles. The van der Waals surface area contributed by atoms with E-state index < -0.39 is 0 Å². The van der Waals surface area contributed by atoms with E-state index in [0.29, 0.717) is 5.96 Å². The van der Waals surface area contributed by atoms with Crippen LogP contribution in [0.1, 0.15) is 19.8 Å². The predicted octanol–water partition coefficient (Wildman–Crippen LogP) is 2.15. The molecular formula is C16H26N4O. The maximum Gasteiger partial charge on any atom is 0.193 e. The number of guanidine groups is 1. The molecule has 0 spiro atoms. The Morgan fingerprint density at radius 1 is 1.43 bits per heavy atom. The maximum atomic E-state index is 5.91. The van der Waals surface area contributed by atoms with Crippen molar-refractivity contribution in [1.29, 1.82) is 0 Å². The molecule has 3 N–H and O–H groups in total. The summed E-state index contributed by atoms with van der Waals surface area (Å²) in [7, 11) is 1.65. The van der Waals surface area contributed by atoms with Gasteiger partial charge in [0.25, 0.3) is 0 Å². The number of piperidine rings is 1. The first-order valence-electron chi connectivity index (χ1n) is 7.60. The maximum absolute atomic E-state index is 5.91. The minimum atomic E-state index is 0.463. The first-order chi connectivity index (χ1) is 10.2. The molecule has 1 fully saturated rings. The minimum Gasteiger partial charge on any atom is -0.497 e. The first kappa shape index (κ1) is 15.6. The Bertz CT molecular complexity index is 458. The number of rotatable bonds is 5. The highest BCUT2D eigenvalue weighted by Crippen LogP contribution is 2.15. The summed E-state index contributed by atoms with van der Waals surface area (Å²) >= 11 is 0. The van der Waals surface area contributed by atoms with Crippen LogP contribution >= 0.6 is 0 Å². The predicted molar refractivity (Wildman–Crippen MR) is 87.9 cm³/mol. The van der Waals surface area contributed by atoms with E-state index in [9.17, 15) is 0 Å². The fourth-order valence-corrected chi connectivity index (χ4v) is 2.66. The molecule has 0 saturated carbocycles. The van der Waals surface area contributed by atoms with Crippen LogP contribution in [-0.2, 0) is 0 Å². The van der Waals surface area contributed by atoms with E-state index in [1.54, 1.807) is 7.11 Å². The number of likely N-dealkylation sites (tertiary alicyclic amines) is 1. The SMILES string of the molecule is COc1ccc(NC(N)=NCCN2CCCC(C)C2)cc1. The molecule has 1 aromatic rings. The van der Waals surface area contributed by atoms with E-state index in [4.69, 9.17) is 10.5 Å². The Balaban J connectivity index is 1.75. The zero-order chi connectivity index (χ0) is 15.1. The highest BCUT2D eigenvalue weighted by molar-refractivity contribution is 5.92. The number of benzene rings is 1. The Morgan fingerprint density at radius 2 is 2.19 bits per heavy atom. The quantitative estimate of drug-likeness (QED) is 0.644. The molecule has 5 nitrogen and oxygen atoms in total. The standard InChI is InChI=1S/C16H26N4O/c1-13-4-3-10-20(12-13)11-9-18-16(17)19-14-5-7-15(21-2)8-6-14/h5-8,13H,3-4,9-12H2,1-2H3,(H3,17,18,19). The summed E-state index contributed by atoms with van der Waals surface area (Å²) in [4.78, 5) is 6.86. The van der Waals surface area contributed by atoms with Crippen LogP contribution in [0.25, 0.3) is 0 Å². The van der Waals surface area contributed by atoms with Gasteiger partial charge in [0.15, 0.2) is 5.96 Å². The molecule has 0 amide bonds. The summed E-state index contributed by atoms with van der Waals surface area (Å²) in [5.74, 6) is 2.10. The summed E-state index contributed by atoms with van der Waals surface area (Å²) in [5.41, 5.74) is 6.83. The van der Waals surface area contributed by atoms with Crippen molar-refractivity contribution < 1.29 is 4.74 Å². The van der Waals surface area contributed by atoms with Gasteiger partial charge in [0.1, 0.15) is 5.75 Å². The Labute approximate surface area is 127 Å². The van der Waals surface area contributed by atoms with Gasteiger partial charge in [-0.15, -0.1) is 0 Å². The van der Waals surface area contributed by atoms with Crippen molar-refractivity contribution in [1.82, 2.24) is 4.90 Å². The molecule has 116 valence electrons. The first-order valence-corrected chi connectivity index (χ1v) is 7.60. The molecule has 21 heavy (non-hydrogen) atoms. The van der Waals surface area contributed by atoms with Gasteiger partial charge in [-0.3, -0.25) is 4.99 Å². The van der Waals surface area contributed by atoms with Crippen molar-refractivity contribution in [2.75, 3.05) is 38.6 Å². The number of hydrogen-bond donors (Lipinski definition) is 2. The lowest BCUT2D eigenvalue weighted by Crippen LogP contribution is -2.36. The number of aliphatic imine (C=N–C) groups is 1. The van der Waals surface area contributed by atoms with Crippen molar-refractivity contribution in [3.8, 4) is 5.75 Å². The lowest BCUT2D eigenvalue weighted by molar-refractivity contribution is 0.189. The summed E-state index contributed by atoms with van der Waals surface area (Å²) in [5, 5.41) is 3.09. The van der Waals surface area contributed by atoms with Gasteiger partial charge in [-0.05, 0) is 49.6 Å². The molecule has 0 aliphatic carbocycles. The van der Waals surface area contributed by atoms with Crippen molar-refractivity contribution in [3.63, 3.8) is 0 Å². The summed E-state index contributed by atoms with van der Waals surface area (Å²) in [6.45, 7) is 6.40. The number of ether oxygens (including phenoxy) is 1. The topological polar surface area (TPSA) is 62.9 Å². The fourth-order valence-electron chi connectivity index (χ4n) is 2.66. The Morgan fingerprint density at radius 3 is 2.86 bits per heavy atom. The van der Waals surface area contributed by atoms with E-state index in [2.05, 4.69) is 22.1 Å². The van der Waals surface area contributed by atoms with Gasteiger partial charge in [-0.25, -0.2) is 0 Å². The lowest BCUT2D eigenvalue weighted by Gasteiger charge is -2.30. The third-order valence-corrected chi connectivity index (χ3v) is 3.80. The average Bonchev–Trinajstić information content (AvgIpc) is 2.48. The van der Waals surface area contributed by atoms with E-state index in [-0.39, 0.29) is 0 Å². The second-order valence-corrected chi connectivity index (χ2v) is 5.67. The summed E-state index contributed by atoms with van der Waals surface area (Å²) < 4.78 is 5.12. The van der Waals surface area contributed by atoms with Gasteiger partial charge in [0.2, 0.25) is 0 Å². The van der Waals surface area contributed by atoms with Crippen LogP contribution in [0.4, 0.5) is 5.69 Å². The lowest BCUT2D eigenvalue weighted by atomic mass is 10.0. The highest BCUT2D eigenvalue weighted by atomic mass is 16.5. The Hall–Kier alpha value is -1.75. The monoisotopic (exact) mass is 290 g/mol. The number of nitrogens with one attached hydrogen (secondary N) is 1. The van der Waals surface area contributed by atoms with E-state index in [1.165, 1.54) is 25.9 Å². The van der Waals surface area contributed by atoms with Crippen LogP contribution in [0, 0.1) is 5.92 Å². The zero-order valence-corrected chi connectivity index (χ0v) is 13.0. The fraction of sp³-hybridized carbons (Fsp3) is 0.562. The largest absolute Gasteiger partial charge is 0.497 e. The second kappa shape index (κ2) is 7.88. The summed E-state index contributed by atoms with van der Waals surface area (Å²) in [6, 6.07) is 7.64. The summed E-state index contributed by atoms with van der Waals surface area (Å²) in [6.07, 6.45) is 2.64. The van der Waals surface area contributed by atoms with Crippen LogP contribution in [0.5, 0.6) is 5.75 Å². The molecule has 1 aliphatic heterocycles. The molecule has 1 aliphatic rings. The van der Waals surface area contributed by atoms with Gasteiger partial charge in [-0.2, -0.15) is 0 Å². The van der Waals surface area contributed by atoms with Crippen LogP contribution in [0.3, 0.4) is 0 Å². The van der Waals surface area contributed by atoms with Crippen LogP contribution in [-0.4, -0.2) is 44.1 Å². The van der Waals surface area contributed by atoms with E-state index in [0.717, 1.165) is 30.4 Å². The molecule has 1 aromatic carbocycles. The van der Waals surface area contributed by atoms with Crippen molar-refractivity contribution >= 4 is 11.6 Å². The van der Waals surface area contributed by atoms with Gasteiger partial charge in [0.05, 0.1) is 13.7 Å². The van der Waals surface area contributed by atoms with Crippen molar-refractivity contribution in [2.24, 2.45) is 16.6 Å². The van der Waals surface area contributed by atoms with Gasteiger partial charge >= 0.3 is 0 Å². The van der Waals surface area contributed by atoms with Gasteiger partial charge in [-0.1, -0.05) is 6.92 Å². The third-order valence-electron chi connectivity index (χ3n) is 3.80. The van der Waals surface area contributed by atoms with Gasteiger partial charge in [0, 0.05) is 18.8 Å². The Kier molecular flexibility index (Phi) is 5.87. The molecule has 5 heteroatoms. The average molecular weight is 290 g/mol. The molecule has 0 radical (unpaired) electrons. The zero-order valence-electron chi connectivity index (χ0n) is 13.0. The minimum absolute atomic E-state index is 0.463. The van der Waals surface area contributed by atoms with Gasteiger partial charge < -0.3 is 20.7 Å². The van der Waals surface area contributed by atoms with Crippen LogP contribution < -0.4 is 15.8 Å². The molecule has 2 rings (SSSR count). The number of methoxy groups -OCH3 is 1. The number of nitrogens with zero attached hydrogens (tertiary/aromatic N) is 2. The highest BCUT2D eigenvalue weighted by Gasteiger charge is 2.15. The van der Waals surface area contributed by atoms with E-state index in [1.807, 2.05) is 24.3 Å². The molecule has 1 atom stereocenters. The molecule has 1 heterocycles. The third kappa shape index (κ3) is 5.27. The van der Waals surface area contributed by atoms with Crippen LogP contribution in [0.2, 0.25) is 0 Å². The normalized spacial score (nSPS) is 20.3. The number of hydrogen-bond acceptors (Lipinski definition) is 3. The molecule has 1 unspecified atom stereocenters. The number of anilines is 1. The van der Waals surface area contributed by atoms with E-state index >= 15 is 0 Å². The number of nitrogens with two attached hydrogens (primary N) is 1.